The Hall–Kier alpha value is -1.19. The van der Waals surface area contributed by atoms with Gasteiger partial charge >= 0.3 is 5.97 Å². The van der Waals surface area contributed by atoms with E-state index in [1.807, 2.05) is 20.8 Å². The Morgan fingerprint density at radius 1 is 1.22 bits per heavy atom. The van der Waals surface area contributed by atoms with E-state index in [1.165, 1.54) is 6.92 Å². The quantitative estimate of drug-likeness (QED) is 0.545. The molecule has 0 aromatic rings. The SMILES string of the molecule is CCC1OC(OC(C)=O)C(NC(=O)COS(C)(=O)=O)[C@@H](C)[C@@H]1C. The van der Waals surface area contributed by atoms with Crippen LogP contribution in [0.15, 0.2) is 0 Å². The molecule has 0 aromatic carbocycles. The largest absolute Gasteiger partial charge is 0.434 e. The van der Waals surface area contributed by atoms with Gasteiger partial charge in [0.15, 0.2) is 0 Å². The van der Waals surface area contributed by atoms with Gasteiger partial charge in [-0.15, -0.1) is 0 Å². The zero-order valence-corrected chi connectivity index (χ0v) is 14.9. The average molecular weight is 351 g/mol. The van der Waals surface area contributed by atoms with E-state index in [-0.39, 0.29) is 17.9 Å². The number of carbonyl (C=O) groups is 2. The van der Waals surface area contributed by atoms with Crippen molar-refractivity contribution in [1.82, 2.24) is 5.32 Å². The van der Waals surface area contributed by atoms with E-state index in [0.29, 0.717) is 0 Å². The van der Waals surface area contributed by atoms with E-state index < -0.39 is 40.9 Å². The van der Waals surface area contributed by atoms with E-state index in [2.05, 4.69) is 9.50 Å². The van der Waals surface area contributed by atoms with Gasteiger partial charge in [-0.2, -0.15) is 8.42 Å². The molecule has 3 unspecified atom stereocenters. The lowest BCUT2D eigenvalue weighted by Gasteiger charge is -2.44. The lowest BCUT2D eigenvalue weighted by molar-refractivity contribution is -0.231. The highest BCUT2D eigenvalue weighted by Crippen LogP contribution is 2.32. The highest BCUT2D eigenvalue weighted by molar-refractivity contribution is 7.86. The molecule has 1 amide bonds. The Morgan fingerprint density at radius 2 is 1.83 bits per heavy atom. The van der Waals surface area contributed by atoms with Crippen molar-refractivity contribution in [2.75, 3.05) is 12.9 Å². The van der Waals surface area contributed by atoms with Gasteiger partial charge in [0.2, 0.25) is 12.2 Å². The van der Waals surface area contributed by atoms with E-state index in [0.717, 1.165) is 12.7 Å². The van der Waals surface area contributed by atoms with Gasteiger partial charge in [-0.3, -0.25) is 13.8 Å². The zero-order valence-electron chi connectivity index (χ0n) is 14.1. The zero-order chi connectivity index (χ0) is 17.8. The molecule has 9 heteroatoms. The molecule has 0 spiro atoms. The molecular formula is C14H25NO7S. The van der Waals surface area contributed by atoms with E-state index >= 15 is 0 Å². The van der Waals surface area contributed by atoms with Crippen LogP contribution in [0.1, 0.15) is 34.1 Å². The van der Waals surface area contributed by atoms with Crippen LogP contribution in [-0.2, 0) is 33.4 Å². The number of esters is 1. The monoisotopic (exact) mass is 351 g/mol. The van der Waals surface area contributed by atoms with Crippen molar-refractivity contribution >= 4 is 22.0 Å². The molecule has 1 N–H and O–H groups in total. The van der Waals surface area contributed by atoms with Crippen molar-refractivity contribution in [2.24, 2.45) is 11.8 Å². The molecule has 134 valence electrons. The third-order valence-corrected chi connectivity index (χ3v) is 4.55. The minimum Gasteiger partial charge on any atom is -0.434 e. The summed E-state index contributed by atoms with van der Waals surface area (Å²) in [5.41, 5.74) is 0. The van der Waals surface area contributed by atoms with Crippen LogP contribution in [0.4, 0.5) is 0 Å². The fourth-order valence-electron chi connectivity index (χ4n) is 2.61. The summed E-state index contributed by atoms with van der Waals surface area (Å²) in [5.74, 6) is -1.03. The maximum absolute atomic E-state index is 11.9. The summed E-state index contributed by atoms with van der Waals surface area (Å²) >= 11 is 0. The first-order valence-corrected chi connectivity index (χ1v) is 9.33. The van der Waals surface area contributed by atoms with Crippen LogP contribution in [0.3, 0.4) is 0 Å². The third-order valence-electron chi connectivity index (χ3n) is 4.00. The van der Waals surface area contributed by atoms with Crippen molar-refractivity contribution < 1.29 is 31.7 Å². The summed E-state index contributed by atoms with van der Waals surface area (Å²) < 4.78 is 37.3. The standard InChI is InChI=1S/C14H25NO7S/c1-6-11-8(2)9(3)13(14(22-11)21-10(4)16)15-12(17)7-20-23(5,18)19/h8-9,11,13-14H,6-7H2,1-5H3,(H,15,17)/t8-,9-,11?,13?,14?/m0/s1. The van der Waals surface area contributed by atoms with Gasteiger partial charge in [0.1, 0.15) is 6.61 Å². The van der Waals surface area contributed by atoms with Gasteiger partial charge in [0.05, 0.1) is 18.4 Å². The third kappa shape index (κ3) is 6.08. The molecule has 23 heavy (non-hydrogen) atoms. The molecule has 1 aliphatic rings. The summed E-state index contributed by atoms with van der Waals surface area (Å²) in [6.45, 7) is 6.53. The first-order chi connectivity index (χ1) is 10.5. The Balaban J connectivity index is 2.81. The molecule has 8 nitrogen and oxygen atoms in total. The summed E-state index contributed by atoms with van der Waals surface area (Å²) in [7, 11) is -3.71. The molecule has 0 aromatic heterocycles. The van der Waals surface area contributed by atoms with E-state index in [9.17, 15) is 18.0 Å². The van der Waals surface area contributed by atoms with Crippen molar-refractivity contribution in [3.8, 4) is 0 Å². The highest BCUT2D eigenvalue weighted by Gasteiger charge is 2.43. The average Bonchev–Trinajstić information content (AvgIpc) is 2.43. The second-order valence-corrected chi connectivity index (χ2v) is 7.48. The Bertz CT molecular complexity index is 533. The van der Waals surface area contributed by atoms with E-state index in [1.54, 1.807) is 0 Å². The first kappa shape index (κ1) is 19.9. The lowest BCUT2D eigenvalue weighted by atomic mass is 9.81. The number of ether oxygens (including phenoxy) is 2. The molecule has 0 saturated carbocycles. The molecule has 1 aliphatic heterocycles. The molecule has 1 fully saturated rings. The predicted octanol–water partition coefficient (Wildman–Crippen LogP) is 0.418. The number of nitrogens with one attached hydrogen (secondary N) is 1. The molecule has 0 radical (unpaired) electrons. The number of hydrogen-bond acceptors (Lipinski definition) is 7. The van der Waals surface area contributed by atoms with Gasteiger partial charge < -0.3 is 14.8 Å². The molecule has 1 heterocycles. The van der Waals surface area contributed by atoms with Crippen LogP contribution in [0.5, 0.6) is 0 Å². The molecule has 1 rings (SSSR count). The Kier molecular flexibility index (Phi) is 6.97. The minimum atomic E-state index is -3.71. The highest BCUT2D eigenvalue weighted by atomic mass is 32.2. The summed E-state index contributed by atoms with van der Waals surface area (Å²) in [5, 5.41) is 2.64. The Morgan fingerprint density at radius 3 is 2.30 bits per heavy atom. The number of amides is 1. The van der Waals surface area contributed by atoms with Crippen molar-refractivity contribution in [1.29, 1.82) is 0 Å². The number of carbonyl (C=O) groups excluding carboxylic acids is 2. The summed E-state index contributed by atoms with van der Waals surface area (Å²) in [6, 6.07) is -0.577. The maximum atomic E-state index is 11.9. The van der Waals surface area contributed by atoms with Gasteiger partial charge in [0.25, 0.3) is 10.1 Å². The minimum absolute atomic E-state index is 0.0276. The second-order valence-electron chi connectivity index (χ2n) is 5.84. The van der Waals surface area contributed by atoms with Crippen molar-refractivity contribution in [2.45, 2.75) is 52.6 Å². The number of rotatable bonds is 6. The number of hydrogen-bond donors (Lipinski definition) is 1. The summed E-state index contributed by atoms with van der Waals surface area (Å²) in [6.07, 6.45) is 0.615. The van der Waals surface area contributed by atoms with Gasteiger partial charge in [-0.05, 0) is 18.3 Å². The van der Waals surface area contributed by atoms with Crippen molar-refractivity contribution in [3.05, 3.63) is 0 Å². The van der Waals surface area contributed by atoms with Gasteiger partial charge in [-0.25, -0.2) is 0 Å². The topological polar surface area (TPSA) is 108 Å². The summed E-state index contributed by atoms with van der Waals surface area (Å²) in [4.78, 5) is 23.2. The molecule has 0 bridgehead atoms. The van der Waals surface area contributed by atoms with Crippen LogP contribution in [0, 0.1) is 11.8 Å². The Labute approximate surface area is 137 Å². The smallest absolute Gasteiger partial charge is 0.305 e. The molecule has 1 saturated heterocycles. The molecular weight excluding hydrogens is 326 g/mol. The van der Waals surface area contributed by atoms with Crippen LogP contribution in [0.25, 0.3) is 0 Å². The van der Waals surface area contributed by atoms with Crippen molar-refractivity contribution in [3.63, 3.8) is 0 Å². The van der Waals surface area contributed by atoms with E-state index in [4.69, 9.17) is 9.47 Å². The lowest BCUT2D eigenvalue weighted by Crippen LogP contribution is -2.58. The fraction of sp³-hybridized carbons (Fsp3) is 0.857. The molecule has 0 aliphatic carbocycles. The first-order valence-electron chi connectivity index (χ1n) is 7.51. The van der Waals surface area contributed by atoms with Crippen LogP contribution in [0.2, 0.25) is 0 Å². The van der Waals surface area contributed by atoms with Gasteiger partial charge in [0, 0.05) is 6.92 Å². The second kappa shape index (κ2) is 8.07. The normalized spacial score (nSPS) is 31.4. The fourth-order valence-corrected chi connectivity index (χ4v) is 2.94. The van der Waals surface area contributed by atoms with Crippen LogP contribution in [-0.4, -0.2) is 51.6 Å². The van der Waals surface area contributed by atoms with Gasteiger partial charge in [-0.1, -0.05) is 20.8 Å². The predicted molar refractivity (Wildman–Crippen MR) is 81.8 cm³/mol. The van der Waals surface area contributed by atoms with Crippen LogP contribution < -0.4 is 5.32 Å². The van der Waals surface area contributed by atoms with Crippen LogP contribution >= 0.6 is 0 Å². The molecule has 5 atom stereocenters. The maximum Gasteiger partial charge on any atom is 0.305 e.